The van der Waals surface area contributed by atoms with Crippen molar-refractivity contribution in [3.05, 3.63) is 41.9 Å². The maximum Gasteiger partial charge on any atom is 0.247 e. The van der Waals surface area contributed by atoms with Gasteiger partial charge in [-0.05, 0) is 38.0 Å². The van der Waals surface area contributed by atoms with E-state index in [0.717, 1.165) is 68.8 Å². The Balaban J connectivity index is 1.16. The summed E-state index contributed by atoms with van der Waals surface area (Å²) in [5.74, 6) is 0.842. The number of hydrogen-bond donors (Lipinski definition) is 3. The number of aliphatic hydroxyl groups excluding tert-OH is 1. The van der Waals surface area contributed by atoms with Crippen molar-refractivity contribution in [2.45, 2.75) is 31.9 Å². The number of nitriles is 2. The second-order valence-corrected chi connectivity index (χ2v) is 10.8. The summed E-state index contributed by atoms with van der Waals surface area (Å²) < 4.78 is 9.11. The van der Waals surface area contributed by atoms with Crippen LogP contribution in [0.2, 0.25) is 0 Å². The summed E-state index contributed by atoms with van der Waals surface area (Å²) in [6, 6.07) is 10.7. The molecule has 1 aromatic carbocycles. The van der Waals surface area contributed by atoms with Gasteiger partial charge >= 0.3 is 0 Å². The highest BCUT2D eigenvalue weighted by atomic mass is 16.5. The van der Waals surface area contributed by atoms with E-state index in [1.807, 2.05) is 31.3 Å². The first-order valence-corrected chi connectivity index (χ1v) is 14.5. The standard InChI is InChI=1S/C29H35N11O2/c1-2-32-27-28-33-16-23(15-31)40(28)36-29(35-27)34-21-3-4-26-25(13-21)20(14-30)17-39(26)22-5-7-37(8-6-22)18-24(41)19-38-9-11-42-12-10-38/h3-4,13,16-17,22,24,41H,2,5-12,18-19H2,1H3,(H2,32,34,35,36). The number of β-amino-alcohol motifs (C(OH)–C–C–N with tert-alkyl or cyclic N) is 1. The zero-order chi connectivity index (χ0) is 29.1. The van der Waals surface area contributed by atoms with Crippen molar-refractivity contribution in [3.8, 4) is 12.1 Å². The molecule has 218 valence electrons. The number of hydrogen-bond acceptors (Lipinski definition) is 11. The number of aliphatic hydroxyl groups is 1. The summed E-state index contributed by atoms with van der Waals surface area (Å²) in [4.78, 5) is 13.5. The van der Waals surface area contributed by atoms with E-state index < -0.39 is 0 Å². The molecule has 0 bridgehead atoms. The lowest BCUT2D eigenvalue weighted by molar-refractivity contribution is 0.00444. The van der Waals surface area contributed by atoms with Crippen LogP contribution in [-0.4, -0.2) is 104 Å². The first-order chi connectivity index (χ1) is 20.6. The minimum Gasteiger partial charge on any atom is -0.390 e. The molecule has 3 N–H and O–H groups in total. The minimum absolute atomic E-state index is 0.278. The molecule has 2 aliphatic heterocycles. The van der Waals surface area contributed by atoms with E-state index in [-0.39, 0.29) is 12.1 Å². The van der Waals surface area contributed by atoms with Crippen LogP contribution in [0.3, 0.4) is 0 Å². The Kier molecular flexibility index (Phi) is 8.17. The van der Waals surface area contributed by atoms with Gasteiger partial charge in [0.1, 0.15) is 12.1 Å². The molecule has 13 nitrogen and oxygen atoms in total. The fourth-order valence-electron chi connectivity index (χ4n) is 5.97. The van der Waals surface area contributed by atoms with Gasteiger partial charge in [-0.2, -0.15) is 20.0 Å². The van der Waals surface area contributed by atoms with Crippen LogP contribution in [0.4, 0.5) is 17.5 Å². The van der Waals surface area contributed by atoms with Crippen LogP contribution in [0, 0.1) is 22.7 Å². The molecule has 13 heteroatoms. The first-order valence-electron chi connectivity index (χ1n) is 14.5. The largest absolute Gasteiger partial charge is 0.390 e. The number of ether oxygens (including phenoxy) is 1. The van der Waals surface area contributed by atoms with Gasteiger partial charge < -0.3 is 29.9 Å². The van der Waals surface area contributed by atoms with Gasteiger partial charge in [0.2, 0.25) is 5.95 Å². The average molecular weight is 570 g/mol. The third kappa shape index (κ3) is 5.73. The first kappa shape index (κ1) is 27.9. The van der Waals surface area contributed by atoms with Crippen molar-refractivity contribution in [2.24, 2.45) is 0 Å². The molecule has 0 spiro atoms. The maximum atomic E-state index is 10.7. The summed E-state index contributed by atoms with van der Waals surface area (Å²) in [5.41, 5.74) is 3.15. The van der Waals surface area contributed by atoms with Crippen LogP contribution in [0.5, 0.6) is 0 Å². The molecule has 6 rings (SSSR count). The number of fused-ring (bicyclic) bond motifs is 2. The Morgan fingerprint density at radius 2 is 1.86 bits per heavy atom. The van der Waals surface area contributed by atoms with Gasteiger partial charge in [0.15, 0.2) is 17.2 Å². The Bertz CT molecular complexity index is 1640. The lowest BCUT2D eigenvalue weighted by Gasteiger charge is -2.35. The summed E-state index contributed by atoms with van der Waals surface area (Å²) in [6.45, 7) is 8.99. The number of nitrogens with zero attached hydrogens (tertiary/aromatic N) is 9. The molecule has 3 aromatic heterocycles. The number of benzene rings is 1. The smallest absolute Gasteiger partial charge is 0.247 e. The van der Waals surface area contributed by atoms with Crippen molar-refractivity contribution in [1.29, 1.82) is 10.5 Å². The number of rotatable bonds is 9. The second kappa shape index (κ2) is 12.3. The van der Waals surface area contributed by atoms with Gasteiger partial charge in [-0.25, -0.2) is 4.98 Å². The highest BCUT2D eigenvalue weighted by Gasteiger charge is 2.25. The number of morpholine rings is 1. The lowest BCUT2D eigenvalue weighted by Crippen LogP contribution is -2.46. The minimum atomic E-state index is -0.373. The van der Waals surface area contributed by atoms with Crippen molar-refractivity contribution in [1.82, 2.24) is 33.9 Å². The summed E-state index contributed by atoms with van der Waals surface area (Å²) in [6.07, 6.45) is 4.96. The quantitative estimate of drug-likeness (QED) is 0.272. The fraction of sp³-hybridized carbons (Fsp3) is 0.483. The molecule has 42 heavy (non-hydrogen) atoms. The van der Waals surface area contributed by atoms with Crippen molar-refractivity contribution in [2.75, 3.05) is 69.7 Å². The molecule has 0 aliphatic carbocycles. The van der Waals surface area contributed by atoms with E-state index in [4.69, 9.17) is 4.74 Å². The summed E-state index contributed by atoms with van der Waals surface area (Å²) in [5, 5.41) is 41.8. The molecule has 0 saturated carbocycles. The van der Waals surface area contributed by atoms with E-state index in [0.29, 0.717) is 48.3 Å². The number of nitrogens with one attached hydrogen (secondary N) is 2. The number of anilines is 3. The van der Waals surface area contributed by atoms with Gasteiger partial charge in [0.05, 0.1) is 31.1 Å². The SMILES string of the molecule is CCNc1nc(Nc2ccc3c(c2)c(C#N)cn3C2CCN(CC(O)CN3CCOCC3)CC2)nn2c(C#N)cnc12. The van der Waals surface area contributed by atoms with Crippen LogP contribution in [0.1, 0.15) is 37.1 Å². The Hall–Kier alpha value is -4.27. The number of aromatic nitrogens is 5. The molecule has 4 aromatic rings. The Morgan fingerprint density at radius 3 is 2.57 bits per heavy atom. The molecule has 2 aliphatic rings. The molecule has 2 saturated heterocycles. The monoisotopic (exact) mass is 569 g/mol. The zero-order valence-corrected chi connectivity index (χ0v) is 23.7. The molecule has 0 amide bonds. The molecule has 5 heterocycles. The third-order valence-corrected chi connectivity index (χ3v) is 8.02. The average Bonchev–Trinajstić information content (AvgIpc) is 3.59. The van der Waals surface area contributed by atoms with Gasteiger partial charge in [0.25, 0.3) is 0 Å². The van der Waals surface area contributed by atoms with E-state index in [1.165, 1.54) is 10.7 Å². The van der Waals surface area contributed by atoms with Gasteiger partial charge in [-0.3, -0.25) is 4.90 Å². The van der Waals surface area contributed by atoms with Crippen molar-refractivity contribution in [3.63, 3.8) is 0 Å². The summed E-state index contributed by atoms with van der Waals surface area (Å²) >= 11 is 0. The number of likely N-dealkylation sites (tertiary alicyclic amines) is 1. The predicted octanol–water partition coefficient (Wildman–Crippen LogP) is 2.33. The van der Waals surface area contributed by atoms with Crippen LogP contribution in [0.15, 0.2) is 30.6 Å². The van der Waals surface area contributed by atoms with Crippen LogP contribution >= 0.6 is 0 Å². The van der Waals surface area contributed by atoms with Crippen molar-refractivity contribution >= 4 is 34.0 Å². The predicted molar refractivity (Wildman–Crippen MR) is 158 cm³/mol. The molecule has 0 radical (unpaired) electrons. The zero-order valence-electron chi connectivity index (χ0n) is 23.7. The number of piperidine rings is 1. The third-order valence-electron chi connectivity index (χ3n) is 8.02. The highest BCUT2D eigenvalue weighted by molar-refractivity contribution is 5.90. The Labute approximate surface area is 243 Å². The molecule has 1 unspecified atom stereocenters. The lowest BCUT2D eigenvalue weighted by atomic mass is 10.0. The van der Waals surface area contributed by atoms with E-state index in [9.17, 15) is 15.6 Å². The molecule has 1 atom stereocenters. The van der Waals surface area contributed by atoms with E-state index in [1.54, 1.807) is 0 Å². The van der Waals surface area contributed by atoms with E-state index in [2.05, 4.69) is 52.2 Å². The van der Waals surface area contributed by atoms with Crippen LogP contribution in [-0.2, 0) is 4.74 Å². The van der Waals surface area contributed by atoms with Crippen LogP contribution in [0.25, 0.3) is 16.6 Å². The van der Waals surface area contributed by atoms with Gasteiger partial charge in [0, 0.05) is 74.6 Å². The van der Waals surface area contributed by atoms with Crippen LogP contribution < -0.4 is 10.6 Å². The molecular formula is C29H35N11O2. The van der Waals surface area contributed by atoms with E-state index >= 15 is 0 Å². The summed E-state index contributed by atoms with van der Waals surface area (Å²) in [7, 11) is 0. The number of imidazole rings is 1. The fourth-order valence-corrected chi connectivity index (χ4v) is 5.97. The van der Waals surface area contributed by atoms with Gasteiger partial charge in [-0.1, -0.05) is 0 Å². The van der Waals surface area contributed by atoms with Crippen molar-refractivity contribution < 1.29 is 9.84 Å². The maximum absolute atomic E-state index is 10.7. The second-order valence-electron chi connectivity index (χ2n) is 10.8. The Morgan fingerprint density at radius 1 is 1.10 bits per heavy atom. The molecule has 2 fully saturated rings. The topological polar surface area (TPSA) is 156 Å². The normalized spacial score (nSPS) is 17.7. The van der Waals surface area contributed by atoms with Gasteiger partial charge in [-0.15, -0.1) is 5.10 Å². The highest BCUT2D eigenvalue weighted by Crippen LogP contribution is 2.32. The molecular weight excluding hydrogens is 534 g/mol.